The lowest BCUT2D eigenvalue weighted by Crippen LogP contribution is -2.43. The van der Waals surface area contributed by atoms with Crippen LogP contribution < -0.4 is 15.1 Å². The standard InChI is InChI=1S/C22H27N5O2S/c1-29-18-8-12-26(15-18)17-4-6-19(7-5-17)30(28)27-16-21(25-13-10-23-11-14-25)22-20(27)3-2-9-24-22/h2-7,9,16,18,23H,8,10-15H2,1H3/t18-,30?/m0/s1. The van der Waals surface area contributed by atoms with E-state index in [0.29, 0.717) is 6.10 Å². The van der Waals surface area contributed by atoms with Gasteiger partial charge in [-0.2, -0.15) is 0 Å². The molecule has 1 unspecified atom stereocenters. The average Bonchev–Trinajstić information content (AvgIpc) is 3.45. The van der Waals surface area contributed by atoms with Gasteiger partial charge in [-0.25, -0.2) is 4.21 Å². The Labute approximate surface area is 179 Å². The Hall–Kier alpha value is -2.42. The number of benzene rings is 1. The van der Waals surface area contributed by atoms with Gasteiger partial charge in [0.15, 0.2) is 11.0 Å². The molecule has 1 N–H and O–H groups in total. The Morgan fingerprint density at radius 3 is 2.63 bits per heavy atom. The van der Waals surface area contributed by atoms with Crippen molar-refractivity contribution in [3.63, 3.8) is 0 Å². The number of hydrogen-bond donors (Lipinski definition) is 1. The van der Waals surface area contributed by atoms with Crippen LogP contribution >= 0.6 is 0 Å². The lowest BCUT2D eigenvalue weighted by atomic mass is 10.3. The second kappa shape index (κ2) is 8.37. The van der Waals surface area contributed by atoms with E-state index in [0.717, 1.165) is 73.0 Å². The summed E-state index contributed by atoms with van der Waals surface area (Å²) in [7, 11) is 0.437. The molecule has 2 fully saturated rings. The van der Waals surface area contributed by atoms with E-state index >= 15 is 0 Å². The van der Waals surface area contributed by atoms with Crippen molar-refractivity contribution in [2.45, 2.75) is 17.4 Å². The molecular formula is C22H27N5O2S. The lowest BCUT2D eigenvalue weighted by molar-refractivity contribution is 0.121. The molecule has 8 heteroatoms. The van der Waals surface area contributed by atoms with Crippen molar-refractivity contribution in [2.75, 3.05) is 56.2 Å². The van der Waals surface area contributed by atoms with Gasteiger partial charge in [0.2, 0.25) is 0 Å². The second-order valence-electron chi connectivity index (χ2n) is 7.78. The highest BCUT2D eigenvalue weighted by Crippen LogP contribution is 2.30. The molecule has 0 aliphatic carbocycles. The maximum atomic E-state index is 13.5. The van der Waals surface area contributed by atoms with Crippen LogP contribution in [0.4, 0.5) is 11.4 Å². The smallest absolute Gasteiger partial charge is 0.157 e. The summed E-state index contributed by atoms with van der Waals surface area (Å²) in [4.78, 5) is 10.0. The molecule has 1 aromatic carbocycles. The van der Waals surface area contributed by atoms with Gasteiger partial charge in [-0.1, -0.05) is 0 Å². The van der Waals surface area contributed by atoms with Gasteiger partial charge < -0.3 is 19.9 Å². The first-order valence-corrected chi connectivity index (χ1v) is 11.6. The number of anilines is 2. The molecule has 4 heterocycles. The fourth-order valence-corrected chi connectivity index (χ4v) is 5.45. The van der Waals surface area contributed by atoms with Gasteiger partial charge in [0, 0.05) is 64.5 Å². The van der Waals surface area contributed by atoms with Crippen molar-refractivity contribution < 1.29 is 8.95 Å². The molecule has 0 amide bonds. The zero-order chi connectivity index (χ0) is 20.5. The van der Waals surface area contributed by atoms with Crippen LogP contribution in [-0.4, -0.2) is 65.6 Å². The fourth-order valence-electron chi connectivity index (χ4n) is 4.33. The van der Waals surface area contributed by atoms with Crippen LogP contribution in [-0.2, 0) is 15.7 Å². The monoisotopic (exact) mass is 425 g/mol. The van der Waals surface area contributed by atoms with Crippen molar-refractivity contribution in [3.05, 3.63) is 48.8 Å². The summed E-state index contributed by atoms with van der Waals surface area (Å²) in [6, 6.07) is 12.0. The molecular weight excluding hydrogens is 398 g/mol. The van der Waals surface area contributed by atoms with E-state index in [2.05, 4.69) is 32.2 Å². The maximum absolute atomic E-state index is 13.5. The SMILES string of the molecule is CO[C@H]1CCN(c2ccc(S(=O)n3cc(N4CCNCC4)c4ncccc43)cc2)C1. The highest BCUT2D eigenvalue weighted by Gasteiger charge is 2.23. The zero-order valence-electron chi connectivity index (χ0n) is 17.2. The molecule has 3 aromatic rings. The molecule has 2 aliphatic rings. The van der Waals surface area contributed by atoms with Gasteiger partial charge >= 0.3 is 0 Å². The minimum atomic E-state index is -1.33. The molecule has 5 rings (SSSR count). The number of nitrogens with zero attached hydrogens (tertiary/aromatic N) is 4. The van der Waals surface area contributed by atoms with E-state index in [1.807, 2.05) is 34.4 Å². The van der Waals surface area contributed by atoms with Gasteiger partial charge in [-0.15, -0.1) is 0 Å². The number of fused-ring (bicyclic) bond motifs is 1. The molecule has 0 radical (unpaired) electrons. The van der Waals surface area contributed by atoms with Crippen LogP contribution in [0, 0.1) is 0 Å². The molecule has 2 aliphatic heterocycles. The second-order valence-corrected chi connectivity index (χ2v) is 9.15. The van der Waals surface area contributed by atoms with Crippen LogP contribution in [0.2, 0.25) is 0 Å². The summed E-state index contributed by atoms with van der Waals surface area (Å²) in [5, 5.41) is 3.38. The number of aromatic nitrogens is 2. The van der Waals surface area contributed by atoms with Gasteiger partial charge in [0.25, 0.3) is 0 Å². The summed E-state index contributed by atoms with van der Waals surface area (Å²) >= 11 is 0. The van der Waals surface area contributed by atoms with Crippen LogP contribution in [0.1, 0.15) is 6.42 Å². The normalized spacial score (nSPS) is 20.8. The highest BCUT2D eigenvalue weighted by atomic mass is 32.2. The molecule has 2 saturated heterocycles. The Bertz CT molecular complexity index is 1050. The van der Waals surface area contributed by atoms with Crippen molar-refractivity contribution >= 4 is 33.4 Å². The number of pyridine rings is 1. The van der Waals surface area contributed by atoms with Crippen molar-refractivity contribution in [2.24, 2.45) is 0 Å². The van der Waals surface area contributed by atoms with Crippen molar-refractivity contribution in [1.29, 1.82) is 0 Å². The summed E-state index contributed by atoms with van der Waals surface area (Å²) in [6.45, 7) is 5.64. The average molecular weight is 426 g/mol. The first-order valence-electron chi connectivity index (χ1n) is 10.5. The molecule has 158 valence electrons. The van der Waals surface area contributed by atoms with E-state index < -0.39 is 11.0 Å². The predicted molar refractivity (Wildman–Crippen MR) is 121 cm³/mol. The van der Waals surface area contributed by atoms with Gasteiger partial charge in [0.1, 0.15) is 5.52 Å². The number of methoxy groups -OCH3 is 1. The quantitative estimate of drug-likeness (QED) is 0.677. The first kappa shape index (κ1) is 19.5. The van der Waals surface area contributed by atoms with E-state index in [1.165, 1.54) is 0 Å². The van der Waals surface area contributed by atoms with Gasteiger partial charge in [0.05, 0.1) is 22.2 Å². The predicted octanol–water partition coefficient (Wildman–Crippen LogP) is 2.24. The summed E-state index contributed by atoms with van der Waals surface area (Å²) < 4.78 is 20.8. The van der Waals surface area contributed by atoms with E-state index in [4.69, 9.17) is 4.74 Å². The third-order valence-corrected chi connectivity index (χ3v) is 7.36. The van der Waals surface area contributed by atoms with Crippen LogP contribution in [0.3, 0.4) is 0 Å². The van der Waals surface area contributed by atoms with Crippen LogP contribution in [0.15, 0.2) is 53.7 Å². The molecule has 7 nitrogen and oxygen atoms in total. The number of hydrogen-bond acceptors (Lipinski definition) is 6. The van der Waals surface area contributed by atoms with Crippen molar-refractivity contribution in [1.82, 2.24) is 14.3 Å². The molecule has 2 aromatic heterocycles. The number of piperazine rings is 1. The minimum Gasteiger partial charge on any atom is -0.380 e. The lowest BCUT2D eigenvalue weighted by Gasteiger charge is -2.28. The minimum absolute atomic E-state index is 0.293. The first-order chi connectivity index (χ1) is 14.7. The van der Waals surface area contributed by atoms with Gasteiger partial charge in [-0.3, -0.25) is 8.96 Å². The summed E-state index contributed by atoms with van der Waals surface area (Å²) in [5.41, 5.74) is 4.01. The molecule has 0 spiro atoms. The Morgan fingerprint density at radius 1 is 1.10 bits per heavy atom. The van der Waals surface area contributed by atoms with Crippen LogP contribution in [0.5, 0.6) is 0 Å². The Morgan fingerprint density at radius 2 is 1.90 bits per heavy atom. The Balaban J connectivity index is 1.43. The third-order valence-electron chi connectivity index (χ3n) is 6.02. The van der Waals surface area contributed by atoms with Crippen LogP contribution in [0.25, 0.3) is 11.0 Å². The highest BCUT2D eigenvalue weighted by molar-refractivity contribution is 7.83. The maximum Gasteiger partial charge on any atom is 0.157 e. The molecule has 0 saturated carbocycles. The topological polar surface area (TPSA) is 62.6 Å². The summed E-state index contributed by atoms with van der Waals surface area (Å²) in [5.74, 6) is 0. The van der Waals surface area contributed by atoms with Crippen molar-refractivity contribution in [3.8, 4) is 0 Å². The number of rotatable bonds is 5. The fraction of sp³-hybridized carbons (Fsp3) is 0.409. The molecule has 30 heavy (non-hydrogen) atoms. The van der Waals surface area contributed by atoms with E-state index in [9.17, 15) is 4.21 Å². The zero-order valence-corrected chi connectivity index (χ0v) is 18.0. The summed E-state index contributed by atoms with van der Waals surface area (Å²) in [6.07, 6.45) is 5.14. The Kier molecular flexibility index (Phi) is 5.45. The van der Waals surface area contributed by atoms with Gasteiger partial charge in [-0.05, 0) is 42.8 Å². The third kappa shape index (κ3) is 3.59. The molecule has 0 bridgehead atoms. The number of nitrogens with one attached hydrogen (secondary N) is 1. The largest absolute Gasteiger partial charge is 0.380 e. The van der Waals surface area contributed by atoms with E-state index in [1.54, 1.807) is 13.3 Å². The number of ether oxygens (including phenoxy) is 1. The molecule has 2 atom stereocenters. The van der Waals surface area contributed by atoms with E-state index in [-0.39, 0.29) is 0 Å².